The van der Waals surface area contributed by atoms with Gasteiger partial charge in [0.15, 0.2) is 0 Å². The van der Waals surface area contributed by atoms with Crippen LogP contribution in [-0.2, 0) is 4.74 Å². The van der Waals surface area contributed by atoms with Crippen molar-refractivity contribution in [3.05, 3.63) is 34.2 Å². The van der Waals surface area contributed by atoms with E-state index in [1.165, 1.54) is 4.88 Å². The Labute approximate surface area is 122 Å². The molecule has 1 fully saturated rings. The van der Waals surface area contributed by atoms with Gasteiger partial charge in [0.2, 0.25) is 0 Å². The molecule has 1 unspecified atom stereocenters. The topological polar surface area (TPSA) is 43.4 Å². The number of morpholine rings is 1. The molecular weight excluding hydrogens is 272 g/mol. The van der Waals surface area contributed by atoms with Gasteiger partial charge in [0.05, 0.1) is 19.4 Å². The van der Waals surface area contributed by atoms with Crippen molar-refractivity contribution in [1.82, 2.24) is 10.3 Å². The van der Waals surface area contributed by atoms with Gasteiger partial charge >= 0.3 is 0 Å². The van der Waals surface area contributed by atoms with Gasteiger partial charge in [-0.1, -0.05) is 0 Å². The molecule has 1 atom stereocenters. The minimum atomic E-state index is 0.0828. The molecule has 1 aromatic heterocycles. The van der Waals surface area contributed by atoms with Gasteiger partial charge in [-0.05, 0) is 31.2 Å². The van der Waals surface area contributed by atoms with Crippen LogP contribution in [0.15, 0.2) is 24.3 Å². The zero-order chi connectivity index (χ0) is 13.9. The normalized spacial score (nSPS) is 19.0. The molecule has 3 rings (SSSR count). The Kier molecular flexibility index (Phi) is 4.00. The summed E-state index contributed by atoms with van der Waals surface area (Å²) in [6.07, 6.45) is 0.0828. The molecule has 20 heavy (non-hydrogen) atoms. The molecule has 4 nitrogen and oxygen atoms in total. The van der Waals surface area contributed by atoms with Gasteiger partial charge in [-0.25, -0.2) is 4.98 Å². The second-order valence-electron chi connectivity index (χ2n) is 4.75. The van der Waals surface area contributed by atoms with Crippen LogP contribution < -0.4 is 10.1 Å². The molecule has 1 saturated heterocycles. The predicted molar refractivity (Wildman–Crippen MR) is 80.4 cm³/mol. The van der Waals surface area contributed by atoms with Gasteiger partial charge in [0.1, 0.15) is 16.9 Å². The summed E-state index contributed by atoms with van der Waals surface area (Å²) >= 11 is 1.72. The Hall–Kier alpha value is -1.43. The average molecular weight is 290 g/mol. The Balaban J connectivity index is 1.87. The first-order chi connectivity index (χ1) is 9.78. The van der Waals surface area contributed by atoms with Crippen molar-refractivity contribution < 1.29 is 9.47 Å². The first-order valence-corrected chi connectivity index (χ1v) is 7.53. The van der Waals surface area contributed by atoms with Gasteiger partial charge in [-0.2, -0.15) is 0 Å². The monoisotopic (exact) mass is 290 g/mol. The van der Waals surface area contributed by atoms with E-state index in [0.29, 0.717) is 0 Å². The summed E-state index contributed by atoms with van der Waals surface area (Å²) in [6, 6.07) is 8.02. The van der Waals surface area contributed by atoms with E-state index in [2.05, 4.69) is 12.2 Å². The lowest BCUT2D eigenvalue weighted by Crippen LogP contribution is -2.33. The summed E-state index contributed by atoms with van der Waals surface area (Å²) in [5, 5.41) is 4.40. The van der Waals surface area contributed by atoms with E-state index in [9.17, 15) is 0 Å². The van der Waals surface area contributed by atoms with Crippen molar-refractivity contribution in [3.8, 4) is 17.0 Å². The van der Waals surface area contributed by atoms with Gasteiger partial charge in [0.25, 0.3) is 0 Å². The van der Waals surface area contributed by atoms with Crippen molar-refractivity contribution in [2.45, 2.75) is 13.0 Å². The van der Waals surface area contributed by atoms with Crippen LogP contribution in [0.5, 0.6) is 5.75 Å². The molecular formula is C15H18N2O2S. The fourth-order valence-electron chi connectivity index (χ4n) is 2.30. The quantitative estimate of drug-likeness (QED) is 0.944. The van der Waals surface area contributed by atoms with Crippen molar-refractivity contribution in [2.24, 2.45) is 0 Å². The Morgan fingerprint density at radius 2 is 2.15 bits per heavy atom. The Morgan fingerprint density at radius 3 is 2.80 bits per heavy atom. The van der Waals surface area contributed by atoms with Gasteiger partial charge in [0, 0.05) is 23.5 Å². The molecule has 0 spiro atoms. The maximum Gasteiger partial charge on any atom is 0.124 e. The van der Waals surface area contributed by atoms with E-state index in [-0.39, 0.29) is 6.10 Å². The highest BCUT2D eigenvalue weighted by molar-refractivity contribution is 7.12. The predicted octanol–water partition coefficient (Wildman–Crippen LogP) is 2.79. The standard InChI is InChI=1S/C15H18N2O2S/c1-10-14(11-3-5-12(18-2)6-4-11)17-15(20-10)13-9-16-7-8-19-13/h3-6,13,16H,7-9H2,1-2H3. The molecule has 106 valence electrons. The molecule has 1 aromatic carbocycles. The Morgan fingerprint density at radius 1 is 1.35 bits per heavy atom. The molecule has 2 aromatic rings. The highest BCUT2D eigenvalue weighted by atomic mass is 32.1. The largest absolute Gasteiger partial charge is 0.497 e. The third-order valence-corrected chi connectivity index (χ3v) is 4.44. The van der Waals surface area contributed by atoms with Crippen LogP contribution in [-0.4, -0.2) is 31.8 Å². The van der Waals surface area contributed by atoms with Crippen molar-refractivity contribution in [3.63, 3.8) is 0 Å². The summed E-state index contributed by atoms with van der Waals surface area (Å²) in [5.41, 5.74) is 2.16. The summed E-state index contributed by atoms with van der Waals surface area (Å²) in [6.45, 7) is 4.62. The third-order valence-electron chi connectivity index (χ3n) is 3.38. The zero-order valence-corrected chi connectivity index (χ0v) is 12.5. The number of methoxy groups -OCH3 is 1. The van der Waals surface area contributed by atoms with E-state index in [1.54, 1.807) is 18.4 Å². The Bertz CT molecular complexity index is 574. The summed E-state index contributed by atoms with van der Waals surface area (Å²) in [4.78, 5) is 5.99. The van der Waals surface area contributed by atoms with E-state index >= 15 is 0 Å². The number of aryl methyl sites for hydroxylation is 1. The summed E-state index contributed by atoms with van der Waals surface area (Å²) in [7, 11) is 1.68. The van der Waals surface area contributed by atoms with Crippen molar-refractivity contribution in [2.75, 3.05) is 26.8 Å². The van der Waals surface area contributed by atoms with Crippen LogP contribution in [0.1, 0.15) is 16.0 Å². The number of nitrogens with one attached hydrogen (secondary N) is 1. The van der Waals surface area contributed by atoms with Crippen molar-refractivity contribution >= 4 is 11.3 Å². The SMILES string of the molecule is COc1ccc(-c2nc(C3CNCCO3)sc2C)cc1. The van der Waals surface area contributed by atoms with E-state index in [1.807, 2.05) is 24.3 Å². The summed E-state index contributed by atoms with van der Waals surface area (Å²) < 4.78 is 11.0. The van der Waals surface area contributed by atoms with Crippen molar-refractivity contribution in [1.29, 1.82) is 0 Å². The lowest BCUT2D eigenvalue weighted by Gasteiger charge is -2.21. The smallest absolute Gasteiger partial charge is 0.124 e. The van der Waals surface area contributed by atoms with Gasteiger partial charge in [-0.3, -0.25) is 0 Å². The molecule has 2 heterocycles. The molecule has 0 radical (unpaired) electrons. The van der Waals surface area contributed by atoms with Gasteiger partial charge < -0.3 is 14.8 Å². The van der Waals surface area contributed by atoms with Crippen LogP contribution >= 0.6 is 11.3 Å². The lowest BCUT2D eigenvalue weighted by atomic mass is 10.1. The highest BCUT2D eigenvalue weighted by Gasteiger charge is 2.21. The third kappa shape index (κ3) is 2.70. The fourth-order valence-corrected chi connectivity index (χ4v) is 3.29. The minimum absolute atomic E-state index is 0.0828. The number of rotatable bonds is 3. The fraction of sp³-hybridized carbons (Fsp3) is 0.400. The van der Waals surface area contributed by atoms with Crippen LogP contribution in [0.4, 0.5) is 0 Å². The number of aromatic nitrogens is 1. The number of nitrogens with zero attached hydrogens (tertiary/aromatic N) is 1. The van der Waals surface area contributed by atoms with Crippen LogP contribution in [0.3, 0.4) is 0 Å². The molecule has 0 saturated carbocycles. The number of hydrogen-bond acceptors (Lipinski definition) is 5. The zero-order valence-electron chi connectivity index (χ0n) is 11.7. The molecule has 0 bridgehead atoms. The minimum Gasteiger partial charge on any atom is -0.497 e. The first-order valence-electron chi connectivity index (χ1n) is 6.72. The molecule has 1 aliphatic rings. The highest BCUT2D eigenvalue weighted by Crippen LogP contribution is 2.32. The van der Waals surface area contributed by atoms with E-state index < -0.39 is 0 Å². The van der Waals surface area contributed by atoms with Gasteiger partial charge in [-0.15, -0.1) is 11.3 Å². The number of benzene rings is 1. The second kappa shape index (κ2) is 5.91. The molecule has 0 aliphatic carbocycles. The average Bonchev–Trinajstić information content (AvgIpc) is 2.90. The maximum absolute atomic E-state index is 5.77. The molecule has 0 amide bonds. The lowest BCUT2D eigenvalue weighted by molar-refractivity contribution is 0.0276. The summed E-state index contributed by atoms with van der Waals surface area (Å²) in [5.74, 6) is 0.863. The maximum atomic E-state index is 5.77. The van der Waals surface area contributed by atoms with Crippen LogP contribution in [0.2, 0.25) is 0 Å². The number of thiazole rings is 1. The number of hydrogen-bond donors (Lipinski definition) is 1. The first kappa shape index (κ1) is 13.5. The second-order valence-corrected chi connectivity index (χ2v) is 5.98. The van der Waals surface area contributed by atoms with Crippen LogP contribution in [0, 0.1) is 6.92 Å². The molecule has 1 aliphatic heterocycles. The molecule has 5 heteroatoms. The van der Waals surface area contributed by atoms with Crippen LogP contribution in [0.25, 0.3) is 11.3 Å². The molecule has 1 N–H and O–H groups in total. The number of ether oxygens (including phenoxy) is 2. The van der Waals surface area contributed by atoms with E-state index in [4.69, 9.17) is 14.5 Å². The van der Waals surface area contributed by atoms with E-state index in [0.717, 1.165) is 41.7 Å².